The van der Waals surface area contributed by atoms with Crippen LogP contribution in [-0.2, 0) is 34.5 Å². The lowest BCUT2D eigenvalue weighted by molar-refractivity contribution is -0.137. The van der Waals surface area contributed by atoms with E-state index in [1.165, 1.54) is 0 Å². The summed E-state index contributed by atoms with van der Waals surface area (Å²) in [5.41, 5.74) is -5.99. The summed E-state index contributed by atoms with van der Waals surface area (Å²) in [5.74, 6) is -6.68. The molecular weight excluding hydrogens is 710 g/mol. The van der Waals surface area contributed by atoms with Crippen LogP contribution in [0.1, 0.15) is 67.9 Å². The van der Waals surface area contributed by atoms with Gasteiger partial charge in [-0.05, 0) is 66.6 Å². The molecule has 1 amide bonds. The number of thioether (sulfide) groups is 1. The molecule has 4 aromatic carbocycles. The maximum atomic E-state index is 15.9. The Morgan fingerprint density at radius 3 is 2.43 bits per heavy atom. The first kappa shape index (κ1) is 18.2. The van der Waals surface area contributed by atoms with Crippen molar-refractivity contribution in [3.63, 3.8) is 0 Å². The lowest BCUT2D eigenvalue weighted by Gasteiger charge is -2.39. The van der Waals surface area contributed by atoms with E-state index in [0.717, 1.165) is 43.3 Å². The number of fused-ring (bicyclic) bond motifs is 1. The fourth-order valence-corrected chi connectivity index (χ4v) is 5.69. The normalized spacial score (nSPS) is 26.5. The van der Waals surface area contributed by atoms with Crippen molar-refractivity contribution in [2.75, 3.05) is 33.1 Å². The Morgan fingerprint density at radius 2 is 1.75 bits per heavy atom. The SMILES string of the molecule is [2H]c1c(C)c([2H])c2c(=O)c([2H])c(SCc3cccc(F)c3F)n(C([2H])([2H])C(=O)N(C([2H])([2H])c3ccc(-c4ccc(C(F)(F)F)cc4)cc3)C3([2H])C([2H])([2H])C([2H])([2H])N(C([2H])([2H])C([2H])([2H])OC([2H])([2H])[2H])C([2H])([2H])C3([2H])[2H])c2c1[2H]. The maximum Gasteiger partial charge on any atom is 0.416 e. The fourth-order valence-electron chi connectivity index (χ4n) is 4.74. The predicted molar refractivity (Wildman–Crippen MR) is 198 cm³/mol. The van der Waals surface area contributed by atoms with Crippen molar-refractivity contribution in [3.8, 4) is 11.1 Å². The molecule has 1 aliphatic rings. The molecule has 1 aliphatic heterocycles. The Labute approximate surface area is 342 Å². The van der Waals surface area contributed by atoms with Gasteiger partial charge in [-0.25, -0.2) is 8.78 Å². The van der Waals surface area contributed by atoms with Gasteiger partial charge >= 0.3 is 6.18 Å². The molecule has 0 aliphatic carbocycles. The van der Waals surface area contributed by atoms with Gasteiger partial charge < -0.3 is 19.1 Å². The van der Waals surface area contributed by atoms with Gasteiger partial charge in [-0.3, -0.25) is 9.59 Å². The van der Waals surface area contributed by atoms with E-state index in [1.807, 2.05) is 0 Å². The van der Waals surface area contributed by atoms with E-state index in [2.05, 4.69) is 4.74 Å². The summed E-state index contributed by atoms with van der Waals surface area (Å²) in [7, 11) is -3.94. The lowest BCUT2D eigenvalue weighted by atomic mass is 10.00. The number of alkyl halides is 3. The van der Waals surface area contributed by atoms with Crippen LogP contribution in [0, 0.1) is 18.6 Å². The Bertz CT molecular complexity index is 3200. The summed E-state index contributed by atoms with van der Waals surface area (Å²) < 4.78 is 286. The smallest absolute Gasteiger partial charge is 0.383 e. The Morgan fingerprint density at radius 1 is 1.06 bits per heavy atom. The van der Waals surface area contributed by atoms with Crippen molar-refractivity contribution >= 4 is 28.6 Å². The summed E-state index contributed by atoms with van der Waals surface area (Å²) in [5, 5.41) is -2.28. The molecule has 1 aromatic heterocycles. The van der Waals surface area contributed by atoms with Gasteiger partial charge in [-0.2, -0.15) is 13.2 Å². The van der Waals surface area contributed by atoms with E-state index < -0.39 is 172 Å². The van der Waals surface area contributed by atoms with E-state index in [9.17, 15) is 34.7 Å². The third kappa shape index (κ3) is 9.17. The largest absolute Gasteiger partial charge is 0.416 e. The van der Waals surface area contributed by atoms with Gasteiger partial charge in [-0.1, -0.05) is 60.1 Å². The number of likely N-dealkylation sites (tertiary alicyclic amines) is 1. The zero-order chi connectivity index (χ0) is 58.9. The minimum atomic E-state index is -5.09. The molecule has 53 heavy (non-hydrogen) atoms. The molecule has 0 atom stereocenters. The number of halogens is 5. The average Bonchev–Trinajstić information content (AvgIpc) is 3.29. The number of methoxy groups -OCH3 is 1. The highest BCUT2D eigenvalue weighted by Crippen LogP contribution is 2.32. The molecule has 1 fully saturated rings. The van der Waals surface area contributed by atoms with Crippen molar-refractivity contribution in [1.82, 2.24) is 14.4 Å². The van der Waals surface area contributed by atoms with Crippen LogP contribution in [0.15, 0.2) is 101 Å². The maximum absolute atomic E-state index is 15.9. The second kappa shape index (κ2) is 16.7. The summed E-state index contributed by atoms with van der Waals surface area (Å²) in [4.78, 5) is 27.7. The minimum absolute atomic E-state index is 0.00721. The van der Waals surface area contributed by atoms with E-state index in [1.54, 1.807) is 0 Å². The molecule has 0 spiro atoms. The highest BCUT2D eigenvalue weighted by atomic mass is 32.2. The number of piperidine rings is 1. The Balaban J connectivity index is 1.74. The number of carbonyl (C=O) groups excluding carboxylic acids is 1. The van der Waals surface area contributed by atoms with Crippen LogP contribution in [0.4, 0.5) is 22.0 Å². The van der Waals surface area contributed by atoms with Crippen LogP contribution in [0.2, 0.25) is 0 Å². The molecule has 6 rings (SSSR count). The molecule has 5 aromatic rings. The molecule has 2 heterocycles. The zero-order valence-corrected chi connectivity index (χ0v) is 27.7. The van der Waals surface area contributed by atoms with Gasteiger partial charge in [0, 0.05) is 75.5 Å². The quantitative estimate of drug-likeness (QED) is 0.0939. The predicted octanol–water partition coefficient (Wildman–Crippen LogP) is 8.71. The highest BCUT2D eigenvalue weighted by Gasteiger charge is 2.31. The molecule has 278 valence electrons. The molecule has 1 saturated heterocycles. The van der Waals surface area contributed by atoms with Crippen molar-refractivity contribution < 1.29 is 64.4 Å². The van der Waals surface area contributed by atoms with Gasteiger partial charge in [0.1, 0.15) is 6.50 Å². The Hall–Kier alpha value is -4.52. The van der Waals surface area contributed by atoms with Gasteiger partial charge in [0.15, 0.2) is 17.1 Å². The third-order valence-corrected chi connectivity index (χ3v) is 8.29. The number of carbonyl (C=O) groups is 1. The molecule has 0 saturated carbocycles. The molecule has 0 N–H and O–H groups in total. The molecule has 0 radical (unpaired) electrons. The van der Waals surface area contributed by atoms with Gasteiger partial charge in [0.25, 0.3) is 0 Å². The third-order valence-electron chi connectivity index (χ3n) is 7.27. The average molecular weight is 774 g/mol. The molecular formula is C41H40F5N3O3S. The highest BCUT2D eigenvalue weighted by molar-refractivity contribution is 7.98. The minimum Gasteiger partial charge on any atom is -0.383 e. The number of amides is 1. The van der Waals surface area contributed by atoms with Crippen molar-refractivity contribution in [2.24, 2.45) is 0 Å². The number of hydrogen-bond acceptors (Lipinski definition) is 5. The van der Waals surface area contributed by atoms with Crippen LogP contribution in [0.3, 0.4) is 0 Å². The Kier molecular flexibility index (Phi) is 5.72. The fraction of sp³-hybridized carbons (Fsp3) is 0.317. The van der Waals surface area contributed by atoms with Gasteiger partial charge in [-0.15, -0.1) is 11.8 Å². The van der Waals surface area contributed by atoms with Crippen LogP contribution in [-0.4, -0.2) is 59.4 Å². The van der Waals surface area contributed by atoms with E-state index in [0.29, 0.717) is 30.3 Å². The first-order valence-electron chi connectivity index (χ1n) is 27.0. The summed E-state index contributed by atoms with van der Waals surface area (Å²) in [6, 6.07) is -0.438. The van der Waals surface area contributed by atoms with Crippen LogP contribution in [0.25, 0.3) is 22.0 Å². The topological polar surface area (TPSA) is 54.8 Å². The standard InChI is InChI=1S/C41H40F5N3O3S/c1-27-6-15-36-34(22-27)37(50)23-39(53-26-31-4-3-5-35(42)40(31)43)49(36)25-38(51)48(33-16-18-47(19-17-33)20-21-52-2)24-28-7-9-29(10-8-28)30-11-13-32(14-12-30)41(44,45)46/h3-15,22-23,33H,16-21,24-26H2,1-2H3/i2D3,6D,15D,16D2,17D2,18D2,19D2,20D2,21D2,22D,23D,24D2,25D2,33D. The molecule has 12 heteroatoms. The number of rotatable bonds is 12. The number of hydrogen-bond donors (Lipinski definition) is 0. The monoisotopic (exact) mass is 773 g/mol. The number of pyridine rings is 1. The number of aromatic nitrogens is 1. The van der Waals surface area contributed by atoms with E-state index in [-0.39, 0.29) is 27.5 Å². The van der Waals surface area contributed by atoms with Crippen molar-refractivity contribution in [3.05, 3.63) is 135 Å². The van der Waals surface area contributed by atoms with Crippen LogP contribution >= 0.6 is 11.8 Å². The lowest BCUT2D eigenvalue weighted by Crippen LogP contribution is -2.48. The molecule has 6 nitrogen and oxygen atoms in total. The van der Waals surface area contributed by atoms with Crippen LogP contribution in [0.5, 0.6) is 0 Å². The summed E-state index contributed by atoms with van der Waals surface area (Å²) in [6.45, 7) is -26.7. The van der Waals surface area contributed by atoms with Crippen molar-refractivity contribution in [2.45, 2.75) is 55.6 Å². The van der Waals surface area contributed by atoms with Crippen molar-refractivity contribution in [1.29, 1.82) is 0 Å². The van der Waals surface area contributed by atoms with Crippen LogP contribution < -0.4 is 5.43 Å². The second-order valence-corrected chi connectivity index (χ2v) is 11.8. The first-order valence-corrected chi connectivity index (χ1v) is 16.0. The van der Waals surface area contributed by atoms with E-state index in [4.69, 9.17) is 20.6 Å². The van der Waals surface area contributed by atoms with Gasteiger partial charge in [0.2, 0.25) is 5.91 Å². The second-order valence-electron chi connectivity index (χ2n) is 10.8. The first-order chi connectivity index (χ1) is 34.7. The molecule has 0 unspecified atom stereocenters. The van der Waals surface area contributed by atoms with Gasteiger partial charge in [0.05, 0.1) is 41.9 Å². The van der Waals surface area contributed by atoms with E-state index >= 15 is 9.18 Å². The zero-order valence-electron chi connectivity index (χ0n) is 50.9. The number of ether oxygens (including phenoxy) is 1. The summed E-state index contributed by atoms with van der Waals surface area (Å²) in [6.07, 6.45) is -14.8. The summed E-state index contributed by atoms with van der Waals surface area (Å²) >= 11 is 0.0530. The number of nitrogens with zero attached hydrogens (tertiary/aromatic N) is 3. The molecule has 0 bridgehead atoms. The number of benzene rings is 4.